The zero-order chi connectivity index (χ0) is 15.9. The van der Waals surface area contributed by atoms with Crippen molar-refractivity contribution in [3.8, 4) is 5.75 Å². The van der Waals surface area contributed by atoms with Crippen molar-refractivity contribution in [2.75, 3.05) is 13.7 Å². The summed E-state index contributed by atoms with van der Waals surface area (Å²) in [5.41, 5.74) is 1.21. The molecule has 1 N–H and O–H groups in total. The van der Waals surface area contributed by atoms with Gasteiger partial charge in [-0.2, -0.15) is 0 Å². The number of thiazole rings is 1. The molecule has 0 aliphatic heterocycles. The van der Waals surface area contributed by atoms with Gasteiger partial charge in [-0.3, -0.25) is 4.90 Å². The molecule has 0 saturated carbocycles. The molecule has 0 saturated heterocycles. The van der Waals surface area contributed by atoms with E-state index in [4.69, 9.17) is 4.74 Å². The van der Waals surface area contributed by atoms with Gasteiger partial charge in [-0.1, -0.05) is 26.0 Å². The van der Waals surface area contributed by atoms with Crippen LogP contribution in [-0.2, 0) is 13.1 Å². The number of rotatable bonds is 8. The Bertz CT molecular complexity index is 540. The standard InChI is InChI=1S/C17H24N2O2S/c1-13(2)16(12-20)19(11-17-18-8-9-22-17)10-14-4-6-15(21-3)7-5-14/h4-9,13,16,20H,10-12H2,1-3H3/t16-/m1/s1. The molecule has 1 heterocycles. The predicted octanol–water partition coefficient (Wildman–Crippen LogP) is 3.17. The number of nitrogens with zero attached hydrogens (tertiary/aromatic N) is 2. The van der Waals surface area contributed by atoms with E-state index in [1.807, 2.05) is 23.7 Å². The van der Waals surface area contributed by atoms with Crippen LogP contribution in [0, 0.1) is 5.92 Å². The Morgan fingerprint density at radius 3 is 2.45 bits per heavy atom. The third-order valence-corrected chi connectivity index (χ3v) is 4.56. The Kier molecular flexibility index (Phi) is 6.36. The average molecular weight is 320 g/mol. The molecule has 2 rings (SSSR count). The van der Waals surface area contributed by atoms with Crippen molar-refractivity contribution in [2.24, 2.45) is 5.92 Å². The molecule has 5 heteroatoms. The van der Waals surface area contributed by atoms with Crippen molar-refractivity contribution < 1.29 is 9.84 Å². The molecule has 1 aromatic carbocycles. The zero-order valence-corrected chi connectivity index (χ0v) is 14.2. The van der Waals surface area contributed by atoms with Crippen LogP contribution in [0.4, 0.5) is 0 Å². The maximum atomic E-state index is 9.78. The van der Waals surface area contributed by atoms with Crippen LogP contribution in [0.2, 0.25) is 0 Å². The maximum absolute atomic E-state index is 9.78. The van der Waals surface area contributed by atoms with Crippen molar-refractivity contribution in [3.63, 3.8) is 0 Å². The van der Waals surface area contributed by atoms with Crippen LogP contribution in [0.25, 0.3) is 0 Å². The Morgan fingerprint density at radius 1 is 1.23 bits per heavy atom. The van der Waals surface area contributed by atoms with Gasteiger partial charge in [-0.05, 0) is 23.6 Å². The smallest absolute Gasteiger partial charge is 0.118 e. The first kappa shape index (κ1) is 16.9. The molecule has 0 aliphatic rings. The quantitative estimate of drug-likeness (QED) is 0.811. The molecule has 0 amide bonds. The summed E-state index contributed by atoms with van der Waals surface area (Å²) in [6.45, 7) is 5.98. The van der Waals surface area contributed by atoms with Gasteiger partial charge in [0.1, 0.15) is 10.8 Å². The lowest BCUT2D eigenvalue weighted by Crippen LogP contribution is -2.40. The second-order valence-corrected chi connectivity index (χ2v) is 6.65. The summed E-state index contributed by atoms with van der Waals surface area (Å²) in [5, 5.41) is 12.8. The average Bonchev–Trinajstić information content (AvgIpc) is 3.01. The molecule has 0 fully saturated rings. The third kappa shape index (κ3) is 4.53. The van der Waals surface area contributed by atoms with Crippen molar-refractivity contribution >= 4 is 11.3 Å². The van der Waals surface area contributed by atoms with Gasteiger partial charge in [-0.25, -0.2) is 4.98 Å². The minimum absolute atomic E-state index is 0.117. The number of methoxy groups -OCH3 is 1. The molecule has 2 aromatic rings. The largest absolute Gasteiger partial charge is 0.497 e. The third-order valence-electron chi connectivity index (χ3n) is 3.79. The summed E-state index contributed by atoms with van der Waals surface area (Å²) in [5.74, 6) is 1.24. The van der Waals surface area contributed by atoms with Crippen LogP contribution in [-0.4, -0.2) is 34.7 Å². The minimum Gasteiger partial charge on any atom is -0.497 e. The summed E-state index contributed by atoms with van der Waals surface area (Å²) < 4.78 is 5.20. The monoisotopic (exact) mass is 320 g/mol. The van der Waals surface area contributed by atoms with Gasteiger partial charge in [-0.15, -0.1) is 11.3 Å². The summed E-state index contributed by atoms with van der Waals surface area (Å²) >= 11 is 1.65. The Hall–Kier alpha value is -1.43. The normalized spacial score (nSPS) is 12.8. The number of benzene rings is 1. The minimum atomic E-state index is 0.117. The van der Waals surface area contributed by atoms with Crippen molar-refractivity contribution in [1.29, 1.82) is 0 Å². The highest BCUT2D eigenvalue weighted by Crippen LogP contribution is 2.20. The molecular weight excluding hydrogens is 296 g/mol. The van der Waals surface area contributed by atoms with Crippen LogP contribution in [0.15, 0.2) is 35.8 Å². The highest BCUT2D eigenvalue weighted by atomic mass is 32.1. The van der Waals surface area contributed by atoms with E-state index in [-0.39, 0.29) is 12.6 Å². The van der Waals surface area contributed by atoms with Crippen LogP contribution < -0.4 is 4.74 Å². The van der Waals surface area contributed by atoms with Crippen molar-refractivity contribution in [3.05, 3.63) is 46.4 Å². The SMILES string of the molecule is COc1ccc(CN(Cc2nccs2)[C@H](CO)C(C)C)cc1. The number of aliphatic hydroxyl groups excluding tert-OH is 1. The van der Waals surface area contributed by atoms with E-state index >= 15 is 0 Å². The summed E-state index contributed by atoms with van der Waals surface area (Å²) in [7, 11) is 1.67. The number of ether oxygens (including phenoxy) is 1. The van der Waals surface area contributed by atoms with E-state index in [1.54, 1.807) is 18.4 Å². The number of aromatic nitrogens is 1. The molecule has 0 aliphatic carbocycles. The van der Waals surface area contributed by atoms with Gasteiger partial charge in [0.2, 0.25) is 0 Å². The second-order valence-electron chi connectivity index (χ2n) is 5.67. The Labute approximate surface area is 136 Å². The first-order valence-electron chi connectivity index (χ1n) is 7.50. The highest BCUT2D eigenvalue weighted by molar-refractivity contribution is 7.09. The van der Waals surface area contributed by atoms with E-state index in [0.717, 1.165) is 23.8 Å². The Balaban J connectivity index is 2.15. The van der Waals surface area contributed by atoms with Gasteiger partial charge in [0, 0.05) is 24.2 Å². The molecule has 4 nitrogen and oxygen atoms in total. The molecule has 120 valence electrons. The second kappa shape index (κ2) is 8.27. The van der Waals surface area contributed by atoms with Crippen molar-refractivity contribution in [2.45, 2.75) is 33.0 Å². The fraction of sp³-hybridized carbons (Fsp3) is 0.471. The van der Waals surface area contributed by atoms with Gasteiger partial charge < -0.3 is 9.84 Å². The Morgan fingerprint density at radius 2 is 1.95 bits per heavy atom. The maximum Gasteiger partial charge on any atom is 0.118 e. The lowest BCUT2D eigenvalue weighted by molar-refractivity contribution is 0.0784. The van der Waals surface area contributed by atoms with E-state index in [0.29, 0.717) is 5.92 Å². The fourth-order valence-electron chi connectivity index (χ4n) is 2.51. The molecule has 0 spiro atoms. The fourth-order valence-corrected chi connectivity index (χ4v) is 3.15. The van der Waals surface area contributed by atoms with Gasteiger partial charge >= 0.3 is 0 Å². The lowest BCUT2D eigenvalue weighted by atomic mass is 10.0. The van der Waals surface area contributed by atoms with E-state index in [1.165, 1.54) is 5.56 Å². The number of hydrogen-bond donors (Lipinski definition) is 1. The molecule has 0 radical (unpaired) electrons. The summed E-state index contributed by atoms with van der Waals surface area (Å²) in [6.07, 6.45) is 1.83. The molecule has 22 heavy (non-hydrogen) atoms. The van der Waals surface area contributed by atoms with Crippen LogP contribution >= 0.6 is 11.3 Å². The van der Waals surface area contributed by atoms with Gasteiger partial charge in [0.05, 0.1) is 20.3 Å². The first-order valence-corrected chi connectivity index (χ1v) is 8.38. The predicted molar refractivity (Wildman–Crippen MR) is 90.1 cm³/mol. The van der Waals surface area contributed by atoms with E-state index in [2.05, 4.69) is 35.9 Å². The van der Waals surface area contributed by atoms with Crippen LogP contribution in [0.5, 0.6) is 5.75 Å². The van der Waals surface area contributed by atoms with E-state index in [9.17, 15) is 5.11 Å². The van der Waals surface area contributed by atoms with Gasteiger partial charge in [0.25, 0.3) is 0 Å². The van der Waals surface area contributed by atoms with Crippen LogP contribution in [0.1, 0.15) is 24.4 Å². The lowest BCUT2D eigenvalue weighted by Gasteiger charge is -2.32. The van der Waals surface area contributed by atoms with Gasteiger partial charge in [0.15, 0.2) is 0 Å². The summed E-state index contributed by atoms with van der Waals surface area (Å²) in [6, 6.07) is 8.21. The highest BCUT2D eigenvalue weighted by Gasteiger charge is 2.22. The van der Waals surface area contributed by atoms with Crippen LogP contribution in [0.3, 0.4) is 0 Å². The number of aliphatic hydroxyl groups is 1. The topological polar surface area (TPSA) is 45.6 Å². The summed E-state index contributed by atoms with van der Waals surface area (Å²) in [4.78, 5) is 6.67. The molecule has 0 unspecified atom stereocenters. The van der Waals surface area contributed by atoms with E-state index < -0.39 is 0 Å². The molecule has 1 atom stereocenters. The molecular formula is C17H24N2O2S. The number of hydrogen-bond acceptors (Lipinski definition) is 5. The first-order chi connectivity index (χ1) is 10.6. The molecule has 1 aromatic heterocycles. The molecule has 0 bridgehead atoms. The van der Waals surface area contributed by atoms with Crippen molar-refractivity contribution in [1.82, 2.24) is 9.88 Å². The zero-order valence-electron chi connectivity index (χ0n) is 13.4.